The van der Waals surface area contributed by atoms with Crippen molar-refractivity contribution in [3.63, 3.8) is 0 Å². The molecule has 0 N–H and O–H groups in total. The van der Waals surface area contributed by atoms with Gasteiger partial charge in [0.25, 0.3) is 0 Å². The molecule has 0 unspecified atom stereocenters. The zero-order valence-corrected chi connectivity index (χ0v) is 11.1. The molecule has 0 atom stereocenters. The number of benzene rings is 1. The first-order valence-electron chi connectivity index (χ1n) is 5.69. The summed E-state index contributed by atoms with van der Waals surface area (Å²) in [6, 6.07) is 7.35. The van der Waals surface area contributed by atoms with Gasteiger partial charge < -0.3 is 0 Å². The number of hydrogen-bond donors (Lipinski definition) is 0. The molecular weight excluding hydrogens is 282 g/mol. The second kappa shape index (κ2) is 4.53. The van der Waals surface area contributed by atoms with Crippen molar-refractivity contribution in [2.75, 3.05) is 0 Å². The van der Waals surface area contributed by atoms with Crippen LogP contribution in [-0.2, 0) is 0 Å². The van der Waals surface area contributed by atoms with Crippen molar-refractivity contribution < 1.29 is 4.92 Å². The van der Waals surface area contributed by atoms with Gasteiger partial charge in [0.15, 0.2) is 0 Å². The summed E-state index contributed by atoms with van der Waals surface area (Å²) < 4.78 is 1.40. The van der Waals surface area contributed by atoms with Gasteiger partial charge in [0.1, 0.15) is 5.69 Å². The predicted molar refractivity (Wildman–Crippen MR) is 73.1 cm³/mol. The van der Waals surface area contributed by atoms with Crippen LogP contribution in [-0.4, -0.2) is 24.7 Å². The van der Waals surface area contributed by atoms with Crippen molar-refractivity contribution in [1.29, 1.82) is 0 Å². The molecule has 1 aromatic carbocycles. The van der Waals surface area contributed by atoms with E-state index in [1.165, 1.54) is 11.6 Å². The second-order valence-electron chi connectivity index (χ2n) is 4.12. The van der Waals surface area contributed by atoms with E-state index in [2.05, 4.69) is 15.1 Å². The third kappa shape index (κ3) is 1.88. The molecule has 0 aliphatic rings. The van der Waals surface area contributed by atoms with Gasteiger partial charge in [0.05, 0.1) is 16.6 Å². The zero-order chi connectivity index (χ0) is 14.3. The average molecular weight is 290 g/mol. The summed E-state index contributed by atoms with van der Waals surface area (Å²) in [5.41, 5.74) is 0.706. The molecule has 20 heavy (non-hydrogen) atoms. The highest BCUT2D eigenvalue weighted by atomic mass is 35.5. The minimum Gasteiger partial charge on any atom is -0.258 e. The molecule has 0 aliphatic carbocycles. The van der Waals surface area contributed by atoms with Gasteiger partial charge in [-0.15, -0.1) is 0 Å². The number of fused-ring (bicyclic) bond motifs is 1. The van der Waals surface area contributed by atoms with Crippen LogP contribution >= 0.6 is 11.6 Å². The summed E-state index contributed by atoms with van der Waals surface area (Å²) in [5, 5.41) is 16.2. The molecule has 7 nitrogen and oxygen atoms in total. The Balaban J connectivity index is 2.37. The van der Waals surface area contributed by atoms with Crippen LogP contribution in [0.5, 0.6) is 0 Å². The van der Waals surface area contributed by atoms with E-state index in [0.29, 0.717) is 5.52 Å². The minimum absolute atomic E-state index is 0.0531. The lowest BCUT2D eigenvalue weighted by Crippen LogP contribution is -2.08. The van der Waals surface area contributed by atoms with Gasteiger partial charge in [-0.1, -0.05) is 18.2 Å². The lowest BCUT2D eigenvalue weighted by Gasteiger charge is -2.05. The van der Waals surface area contributed by atoms with Gasteiger partial charge in [0.2, 0.25) is 11.1 Å². The number of nitro groups is 1. The molecule has 0 bridgehead atoms. The number of halogens is 1. The first-order chi connectivity index (χ1) is 9.58. The maximum absolute atomic E-state index is 11.2. The molecule has 100 valence electrons. The third-order valence-corrected chi connectivity index (χ3v) is 3.04. The Bertz CT molecular complexity index is 830. The Morgan fingerprint density at radius 3 is 2.80 bits per heavy atom. The van der Waals surface area contributed by atoms with Gasteiger partial charge in [-0.3, -0.25) is 10.1 Å². The standard InChI is InChI=1S/C12H8ClN5O2/c1-7-10(18(19)20)11(16-12(13)15-7)17-9-5-3-2-4-8(9)6-14-17/h2-6H,1H3. The number of nitrogens with zero attached hydrogens (tertiary/aromatic N) is 5. The van der Waals surface area contributed by atoms with Crippen LogP contribution in [0.1, 0.15) is 5.69 Å². The van der Waals surface area contributed by atoms with Gasteiger partial charge in [-0.2, -0.15) is 10.1 Å². The highest BCUT2D eigenvalue weighted by Crippen LogP contribution is 2.27. The third-order valence-electron chi connectivity index (χ3n) is 2.87. The van der Waals surface area contributed by atoms with Gasteiger partial charge >= 0.3 is 5.69 Å². The lowest BCUT2D eigenvalue weighted by atomic mass is 10.2. The number of rotatable bonds is 2. The van der Waals surface area contributed by atoms with E-state index >= 15 is 0 Å². The molecule has 0 saturated carbocycles. The average Bonchev–Trinajstić information content (AvgIpc) is 2.80. The molecular formula is C12H8ClN5O2. The molecule has 2 heterocycles. The van der Waals surface area contributed by atoms with Gasteiger partial charge in [0, 0.05) is 5.39 Å². The van der Waals surface area contributed by atoms with Gasteiger partial charge in [-0.25, -0.2) is 9.67 Å². The Hall–Kier alpha value is -2.54. The van der Waals surface area contributed by atoms with Crippen LogP contribution in [0.3, 0.4) is 0 Å². The highest BCUT2D eigenvalue weighted by molar-refractivity contribution is 6.28. The summed E-state index contributed by atoms with van der Waals surface area (Å²) >= 11 is 5.81. The van der Waals surface area contributed by atoms with Crippen LogP contribution < -0.4 is 0 Å². The van der Waals surface area contributed by atoms with Crippen LogP contribution in [0.2, 0.25) is 5.28 Å². The van der Waals surface area contributed by atoms with Gasteiger partial charge in [-0.05, 0) is 24.6 Å². The fraction of sp³-hybridized carbons (Fsp3) is 0.0833. The molecule has 0 fully saturated rings. The molecule has 0 saturated heterocycles. The van der Waals surface area contributed by atoms with Crippen LogP contribution in [0.25, 0.3) is 16.7 Å². The Labute approximate surface area is 118 Å². The van der Waals surface area contributed by atoms with Crippen molar-refractivity contribution in [2.45, 2.75) is 6.92 Å². The molecule has 8 heteroatoms. The maximum atomic E-state index is 11.2. The van der Waals surface area contributed by atoms with Crippen molar-refractivity contribution in [2.24, 2.45) is 0 Å². The van der Waals surface area contributed by atoms with Crippen molar-refractivity contribution in [3.8, 4) is 5.82 Å². The molecule has 0 amide bonds. The highest BCUT2D eigenvalue weighted by Gasteiger charge is 2.24. The van der Waals surface area contributed by atoms with E-state index in [-0.39, 0.29) is 22.5 Å². The van der Waals surface area contributed by atoms with E-state index < -0.39 is 4.92 Å². The van der Waals surface area contributed by atoms with Crippen LogP contribution in [0.4, 0.5) is 5.69 Å². The smallest absolute Gasteiger partial charge is 0.258 e. The zero-order valence-electron chi connectivity index (χ0n) is 10.3. The number of aryl methyl sites for hydroxylation is 1. The van der Waals surface area contributed by atoms with Crippen molar-refractivity contribution in [3.05, 3.63) is 51.6 Å². The summed E-state index contributed by atoms with van der Waals surface area (Å²) in [6.07, 6.45) is 1.62. The fourth-order valence-corrected chi connectivity index (χ4v) is 2.23. The van der Waals surface area contributed by atoms with Crippen LogP contribution in [0.15, 0.2) is 30.5 Å². The van der Waals surface area contributed by atoms with Crippen molar-refractivity contribution in [1.82, 2.24) is 19.7 Å². The predicted octanol–water partition coefficient (Wildman–Crippen LogP) is 2.69. The Kier molecular flexibility index (Phi) is 2.83. The quantitative estimate of drug-likeness (QED) is 0.411. The second-order valence-corrected chi connectivity index (χ2v) is 4.46. The van der Waals surface area contributed by atoms with Crippen molar-refractivity contribution >= 4 is 28.2 Å². The summed E-state index contributed by atoms with van der Waals surface area (Å²) in [4.78, 5) is 18.5. The SMILES string of the molecule is Cc1nc(Cl)nc(-n2ncc3ccccc32)c1[N+](=O)[O-]. The molecule has 3 rings (SSSR count). The minimum atomic E-state index is -0.530. The molecule has 0 aliphatic heterocycles. The summed E-state index contributed by atoms with van der Waals surface area (Å²) in [5.74, 6) is 0.0636. The van der Waals surface area contributed by atoms with E-state index in [9.17, 15) is 10.1 Å². The van der Waals surface area contributed by atoms with E-state index in [1.54, 1.807) is 12.3 Å². The number of hydrogen-bond acceptors (Lipinski definition) is 5. The first-order valence-corrected chi connectivity index (χ1v) is 6.07. The molecule has 0 spiro atoms. The number of para-hydroxylation sites is 1. The fourth-order valence-electron chi connectivity index (χ4n) is 2.02. The largest absolute Gasteiger partial charge is 0.334 e. The Morgan fingerprint density at radius 1 is 1.30 bits per heavy atom. The van der Waals surface area contributed by atoms with E-state index in [1.807, 2.05) is 18.2 Å². The molecule has 3 aromatic rings. The maximum Gasteiger partial charge on any atom is 0.334 e. The summed E-state index contributed by atoms with van der Waals surface area (Å²) in [6.45, 7) is 1.51. The monoisotopic (exact) mass is 289 g/mol. The number of aromatic nitrogens is 4. The molecule has 2 aromatic heterocycles. The topological polar surface area (TPSA) is 86.7 Å². The van der Waals surface area contributed by atoms with Crippen LogP contribution in [0, 0.1) is 17.0 Å². The van der Waals surface area contributed by atoms with E-state index in [0.717, 1.165) is 5.39 Å². The first kappa shape index (κ1) is 12.5. The van der Waals surface area contributed by atoms with E-state index in [4.69, 9.17) is 11.6 Å². The molecule has 0 radical (unpaired) electrons. The lowest BCUT2D eigenvalue weighted by molar-refractivity contribution is -0.385. The summed E-state index contributed by atoms with van der Waals surface area (Å²) in [7, 11) is 0. The normalized spacial score (nSPS) is 10.9. The Morgan fingerprint density at radius 2 is 2.05 bits per heavy atom.